The van der Waals surface area contributed by atoms with E-state index in [9.17, 15) is 9.59 Å². The third-order valence-electron chi connectivity index (χ3n) is 3.78. The lowest BCUT2D eigenvalue weighted by Crippen LogP contribution is -2.46. The number of likely N-dealkylation sites (tertiary alicyclic amines) is 1. The first-order valence-corrected chi connectivity index (χ1v) is 7.43. The van der Waals surface area contributed by atoms with Gasteiger partial charge >= 0.3 is 6.03 Å². The van der Waals surface area contributed by atoms with Crippen molar-refractivity contribution in [2.45, 2.75) is 19.8 Å². The molecule has 0 spiro atoms. The molecule has 0 unspecified atom stereocenters. The van der Waals surface area contributed by atoms with Gasteiger partial charge in [0.1, 0.15) is 0 Å². The largest absolute Gasteiger partial charge is 0.359 e. The molecule has 0 aliphatic carbocycles. The molecule has 1 heterocycles. The van der Waals surface area contributed by atoms with Crippen LogP contribution in [-0.2, 0) is 4.79 Å². The molecule has 2 rings (SSSR count). The van der Waals surface area contributed by atoms with Crippen molar-refractivity contribution in [3.63, 3.8) is 0 Å². The van der Waals surface area contributed by atoms with Gasteiger partial charge in [0.2, 0.25) is 5.91 Å². The number of hydrogen-bond donors (Lipinski definition) is 2. The molecule has 0 saturated carbocycles. The number of hydrogen-bond acceptors (Lipinski definition) is 2. The van der Waals surface area contributed by atoms with Crippen LogP contribution in [0.1, 0.15) is 18.4 Å². The van der Waals surface area contributed by atoms with Gasteiger partial charge in [-0.1, -0.05) is 23.7 Å². The zero-order valence-corrected chi connectivity index (χ0v) is 13.0. The van der Waals surface area contributed by atoms with Crippen LogP contribution in [-0.4, -0.2) is 37.0 Å². The van der Waals surface area contributed by atoms with E-state index in [4.69, 9.17) is 11.6 Å². The lowest BCUT2D eigenvalue weighted by atomic mass is 9.97. The van der Waals surface area contributed by atoms with Crippen molar-refractivity contribution in [2.24, 2.45) is 5.92 Å². The minimum Gasteiger partial charge on any atom is -0.359 e. The molecule has 2 N–H and O–H groups in total. The molecule has 6 heteroatoms. The van der Waals surface area contributed by atoms with E-state index >= 15 is 0 Å². The maximum absolute atomic E-state index is 12.4. The van der Waals surface area contributed by atoms with E-state index in [1.54, 1.807) is 18.0 Å². The monoisotopic (exact) mass is 309 g/mol. The molecule has 0 aromatic heterocycles. The second-order valence-corrected chi connectivity index (χ2v) is 5.67. The molecule has 1 aliphatic heterocycles. The van der Waals surface area contributed by atoms with Crippen molar-refractivity contribution in [1.29, 1.82) is 0 Å². The molecule has 114 valence electrons. The zero-order chi connectivity index (χ0) is 15.4. The first-order valence-electron chi connectivity index (χ1n) is 7.05. The van der Waals surface area contributed by atoms with Crippen LogP contribution in [0.5, 0.6) is 0 Å². The predicted molar refractivity (Wildman–Crippen MR) is 83.6 cm³/mol. The number of amides is 3. The maximum atomic E-state index is 12.4. The fourth-order valence-corrected chi connectivity index (χ4v) is 2.83. The van der Waals surface area contributed by atoms with Crippen molar-refractivity contribution < 1.29 is 9.59 Å². The SMILES string of the molecule is CNC(=O)[C@H]1CCCN(C(=O)Nc2c(C)cccc2Cl)C1. The number of urea groups is 1. The van der Waals surface area contributed by atoms with E-state index < -0.39 is 0 Å². The van der Waals surface area contributed by atoms with Gasteiger partial charge in [-0.2, -0.15) is 0 Å². The van der Waals surface area contributed by atoms with Crippen molar-refractivity contribution in [2.75, 3.05) is 25.5 Å². The van der Waals surface area contributed by atoms with Gasteiger partial charge in [0, 0.05) is 20.1 Å². The predicted octanol–water partition coefficient (Wildman–Crippen LogP) is 2.64. The standard InChI is InChI=1S/C15H20ClN3O2/c1-10-5-3-7-12(16)13(10)18-15(21)19-8-4-6-11(9-19)14(20)17-2/h3,5,7,11H,4,6,8-9H2,1-2H3,(H,17,20)(H,18,21)/t11-/m0/s1. The first-order chi connectivity index (χ1) is 10.0. The molecule has 1 saturated heterocycles. The molecule has 0 radical (unpaired) electrons. The first kappa shape index (κ1) is 15.6. The summed E-state index contributed by atoms with van der Waals surface area (Å²) in [6, 6.07) is 5.27. The van der Waals surface area contributed by atoms with Crippen molar-refractivity contribution in [3.05, 3.63) is 28.8 Å². The lowest BCUT2D eigenvalue weighted by Gasteiger charge is -2.32. The van der Waals surface area contributed by atoms with Crippen LogP contribution in [0.25, 0.3) is 0 Å². The highest BCUT2D eigenvalue weighted by Gasteiger charge is 2.28. The van der Waals surface area contributed by atoms with Gasteiger partial charge in [-0.15, -0.1) is 0 Å². The van der Waals surface area contributed by atoms with Gasteiger partial charge in [0.05, 0.1) is 16.6 Å². The van der Waals surface area contributed by atoms with Crippen LogP contribution >= 0.6 is 11.6 Å². The van der Waals surface area contributed by atoms with E-state index in [-0.39, 0.29) is 17.9 Å². The van der Waals surface area contributed by atoms with Crippen LogP contribution in [0.15, 0.2) is 18.2 Å². The molecular formula is C15H20ClN3O2. The highest BCUT2D eigenvalue weighted by atomic mass is 35.5. The molecule has 1 atom stereocenters. The molecule has 21 heavy (non-hydrogen) atoms. The molecule has 1 fully saturated rings. The smallest absolute Gasteiger partial charge is 0.321 e. The lowest BCUT2D eigenvalue weighted by molar-refractivity contribution is -0.125. The number of nitrogens with zero attached hydrogens (tertiary/aromatic N) is 1. The molecule has 1 aliphatic rings. The summed E-state index contributed by atoms with van der Waals surface area (Å²) in [4.78, 5) is 25.7. The summed E-state index contributed by atoms with van der Waals surface area (Å²) in [6.45, 7) is 2.99. The number of halogens is 1. The average molecular weight is 310 g/mol. The highest BCUT2D eigenvalue weighted by molar-refractivity contribution is 6.33. The van der Waals surface area contributed by atoms with E-state index in [0.717, 1.165) is 18.4 Å². The van der Waals surface area contributed by atoms with E-state index in [0.29, 0.717) is 23.8 Å². The summed E-state index contributed by atoms with van der Waals surface area (Å²) in [6.07, 6.45) is 1.64. The number of rotatable bonds is 2. The number of carbonyl (C=O) groups excluding carboxylic acids is 2. The van der Waals surface area contributed by atoms with Crippen molar-refractivity contribution in [3.8, 4) is 0 Å². The molecule has 3 amide bonds. The minimum absolute atomic E-state index is 0.0126. The number of aryl methyl sites for hydroxylation is 1. The fraction of sp³-hybridized carbons (Fsp3) is 0.467. The topological polar surface area (TPSA) is 61.4 Å². The summed E-state index contributed by atoms with van der Waals surface area (Å²) >= 11 is 6.12. The van der Waals surface area contributed by atoms with Gasteiger partial charge in [0.25, 0.3) is 0 Å². The van der Waals surface area contributed by atoms with Crippen molar-refractivity contribution >= 4 is 29.2 Å². The number of benzene rings is 1. The van der Waals surface area contributed by atoms with E-state index in [1.165, 1.54) is 0 Å². The fourth-order valence-electron chi connectivity index (χ4n) is 2.56. The van der Waals surface area contributed by atoms with Crippen LogP contribution in [0.4, 0.5) is 10.5 Å². The second-order valence-electron chi connectivity index (χ2n) is 5.26. The maximum Gasteiger partial charge on any atom is 0.321 e. The normalized spacial score (nSPS) is 18.2. The zero-order valence-electron chi connectivity index (χ0n) is 12.3. The minimum atomic E-state index is -0.209. The summed E-state index contributed by atoms with van der Waals surface area (Å²) in [7, 11) is 1.62. The highest BCUT2D eigenvalue weighted by Crippen LogP contribution is 2.26. The number of piperidine rings is 1. The van der Waals surface area contributed by atoms with Crippen LogP contribution in [0, 0.1) is 12.8 Å². The van der Waals surface area contributed by atoms with Crippen molar-refractivity contribution in [1.82, 2.24) is 10.2 Å². The van der Waals surface area contributed by atoms with Gasteiger partial charge in [-0.25, -0.2) is 4.79 Å². The van der Waals surface area contributed by atoms with Crippen LogP contribution in [0.2, 0.25) is 5.02 Å². The quantitative estimate of drug-likeness (QED) is 0.882. The number of para-hydroxylation sites is 1. The summed E-state index contributed by atoms with van der Waals surface area (Å²) in [5.41, 5.74) is 1.54. The van der Waals surface area contributed by atoms with Gasteiger partial charge in [-0.05, 0) is 31.4 Å². The summed E-state index contributed by atoms with van der Waals surface area (Å²) in [5, 5.41) is 6.01. The van der Waals surface area contributed by atoms with Crippen LogP contribution in [0.3, 0.4) is 0 Å². The molecule has 1 aromatic rings. The Morgan fingerprint density at radius 3 is 2.81 bits per heavy atom. The Labute approximate surface area is 129 Å². The van der Waals surface area contributed by atoms with Gasteiger partial charge in [0.15, 0.2) is 0 Å². The Hall–Kier alpha value is -1.75. The van der Waals surface area contributed by atoms with Crippen LogP contribution < -0.4 is 10.6 Å². The molecular weight excluding hydrogens is 290 g/mol. The van der Waals surface area contributed by atoms with Gasteiger partial charge in [-0.3, -0.25) is 4.79 Å². The number of nitrogens with one attached hydrogen (secondary N) is 2. The molecule has 0 bridgehead atoms. The Morgan fingerprint density at radius 2 is 2.14 bits per heavy atom. The Bertz CT molecular complexity index is 527. The number of carbonyl (C=O) groups is 2. The Kier molecular flexibility index (Phi) is 5.07. The third-order valence-corrected chi connectivity index (χ3v) is 4.09. The second kappa shape index (κ2) is 6.80. The number of anilines is 1. The summed E-state index contributed by atoms with van der Waals surface area (Å²) in [5.74, 6) is -0.150. The van der Waals surface area contributed by atoms with Gasteiger partial charge < -0.3 is 15.5 Å². The summed E-state index contributed by atoms with van der Waals surface area (Å²) < 4.78 is 0. The Morgan fingerprint density at radius 1 is 1.38 bits per heavy atom. The molecule has 1 aromatic carbocycles. The van der Waals surface area contributed by atoms with E-state index in [2.05, 4.69) is 10.6 Å². The van der Waals surface area contributed by atoms with E-state index in [1.807, 2.05) is 19.1 Å². The molecule has 5 nitrogen and oxygen atoms in total. The Balaban J connectivity index is 2.05. The third kappa shape index (κ3) is 3.67. The average Bonchev–Trinajstić information content (AvgIpc) is 2.50.